The first-order valence-electron chi connectivity index (χ1n) is 11.1. The number of benzene rings is 2. The quantitative estimate of drug-likeness (QED) is 0.610. The minimum absolute atomic E-state index is 0.0537. The Hall–Kier alpha value is -2.62. The van der Waals surface area contributed by atoms with E-state index in [2.05, 4.69) is 20.8 Å². The molecule has 2 aromatic rings. The maximum Gasteiger partial charge on any atom is 0.350 e. The molecule has 4 heteroatoms. The van der Waals surface area contributed by atoms with Gasteiger partial charge in [-0.15, -0.1) is 0 Å². The van der Waals surface area contributed by atoms with Gasteiger partial charge < -0.3 is 9.47 Å². The molecule has 0 amide bonds. The lowest BCUT2D eigenvalue weighted by atomic mass is 9.75. The van der Waals surface area contributed by atoms with E-state index in [0.717, 1.165) is 24.0 Å². The molecule has 0 N–H and O–H groups in total. The molecular weight excluding hydrogens is 374 g/mol. The lowest BCUT2D eigenvalue weighted by Crippen LogP contribution is -2.39. The summed E-state index contributed by atoms with van der Waals surface area (Å²) in [7, 11) is 0. The minimum atomic E-state index is -0.757. The van der Waals surface area contributed by atoms with E-state index >= 15 is 0 Å². The Labute approximate surface area is 179 Å². The van der Waals surface area contributed by atoms with Gasteiger partial charge >= 0.3 is 5.97 Å². The van der Waals surface area contributed by atoms with Gasteiger partial charge in [-0.3, -0.25) is 0 Å². The van der Waals surface area contributed by atoms with Crippen LogP contribution in [0.5, 0.6) is 0 Å². The summed E-state index contributed by atoms with van der Waals surface area (Å²) < 4.78 is 12.2. The molecule has 5 atom stereocenters. The summed E-state index contributed by atoms with van der Waals surface area (Å²) in [6.45, 7) is 6.68. The zero-order valence-electron chi connectivity index (χ0n) is 18.0. The molecule has 0 bridgehead atoms. The predicted octanol–water partition coefficient (Wildman–Crippen LogP) is 5.58. The number of carbonyl (C=O) groups excluding carboxylic acids is 1. The zero-order chi connectivity index (χ0) is 21.1. The van der Waals surface area contributed by atoms with Crippen molar-refractivity contribution in [2.24, 2.45) is 22.7 Å². The molecule has 0 radical (unpaired) electrons. The minimum Gasteiger partial charge on any atom is -0.459 e. The number of hydrogen-bond donors (Lipinski definition) is 0. The second kappa shape index (κ2) is 9.03. The molecule has 1 fully saturated rings. The third kappa shape index (κ3) is 4.43. The Balaban J connectivity index is 1.57. The summed E-state index contributed by atoms with van der Waals surface area (Å²) in [4.78, 5) is 18.1. The molecule has 2 unspecified atom stereocenters. The molecule has 30 heavy (non-hydrogen) atoms. The second-order valence-electron chi connectivity index (χ2n) is 9.00. The highest BCUT2D eigenvalue weighted by atomic mass is 16.6. The Morgan fingerprint density at radius 1 is 1.03 bits per heavy atom. The maximum atomic E-state index is 13.3. The Morgan fingerprint density at radius 2 is 1.70 bits per heavy atom. The number of aliphatic imine (C=N–C) groups is 1. The molecule has 4 nitrogen and oxygen atoms in total. The summed E-state index contributed by atoms with van der Waals surface area (Å²) in [6, 6.07) is 19.2. The molecule has 4 rings (SSSR count). The number of ether oxygens (including phenoxy) is 2. The fraction of sp³-hybridized carbons (Fsp3) is 0.462. The zero-order valence-corrected chi connectivity index (χ0v) is 18.0. The number of esters is 1. The highest BCUT2D eigenvalue weighted by Crippen LogP contribution is 2.37. The highest BCUT2D eigenvalue weighted by molar-refractivity contribution is 5.98. The van der Waals surface area contributed by atoms with Gasteiger partial charge in [0.05, 0.1) is 0 Å². The van der Waals surface area contributed by atoms with E-state index < -0.39 is 12.1 Å². The van der Waals surface area contributed by atoms with Crippen LogP contribution in [0.25, 0.3) is 0 Å². The highest BCUT2D eigenvalue weighted by Gasteiger charge is 2.42. The summed E-state index contributed by atoms with van der Waals surface area (Å²) >= 11 is 0. The van der Waals surface area contributed by atoms with Gasteiger partial charge in [-0.05, 0) is 48.3 Å². The van der Waals surface area contributed by atoms with Crippen LogP contribution in [0.2, 0.25) is 0 Å². The summed E-state index contributed by atoms with van der Waals surface area (Å²) in [6.07, 6.45) is 2.42. The van der Waals surface area contributed by atoms with Gasteiger partial charge in [-0.25, -0.2) is 9.79 Å². The summed E-state index contributed by atoms with van der Waals surface area (Å²) in [5.74, 6) is 1.66. The van der Waals surface area contributed by atoms with Crippen LogP contribution in [0, 0.1) is 17.8 Å². The Kier molecular flexibility index (Phi) is 6.21. The van der Waals surface area contributed by atoms with Crippen molar-refractivity contribution in [3.63, 3.8) is 0 Å². The smallest absolute Gasteiger partial charge is 0.350 e. The fourth-order valence-electron chi connectivity index (χ4n) is 4.68. The van der Waals surface area contributed by atoms with Crippen LogP contribution in [0.15, 0.2) is 65.7 Å². The van der Waals surface area contributed by atoms with E-state index in [1.807, 2.05) is 60.7 Å². The molecule has 1 saturated carbocycles. The van der Waals surface area contributed by atoms with Crippen molar-refractivity contribution in [2.45, 2.75) is 58.3 Å². The lowest BCUT2D eigenvalue weighted by Gasteiger charge is -2.37. The van der Waals surface area contributed by atoms with Gasteiger partial charge in [-0.2, -0.15) is 0 Å². The first-order chi connectivity index (χ1) is 14.5. The summed E-state index contributed by atoms with van der Waals surface area (Å²) in [5.41, 5.74) is 1.84. The Morgan fingerprint density at radius 3 is 2.37 bits per heavy atom. The monoisotopic (exact) mass is 405 g/mol. The molecule has 2 aliphatic rings. The average molecular weight is 406 g/mol. The van der Waals surface area contributed by atoms with E-state index in [0.29, 0.717) is 23.7 Å². The number of nitrogens with zero attached hydrogens (tertiary/aromatic N) is 1. The van der Waals surface area contributed by atoms with Crippen LogP contribution < -0.4 is 0 Å². The van der Waals surface area contributed by atoms with Gasteiger partial charge in [0.25, 0.3) is 0 Å². The van der Waals surface area contributed by atoms with Crippen LogP contribution >= 0.6 is 0 Å². The molecule has 2 aromatic carbocycles. The van der Waals surface area contributed by atoms with Crippen molar-refractivity contribution in [1.82, 2.24) is 0 Å². The maximum absolute atomic E-state index is 13.3. The van der Waals surface area contributed by atoms with Crippen molar-refractivity contribution in [2.75, 3.05) is 0 Å². The first kappa shape index (κ1) is 20.6. The standard InChI is InChI=1S/C26H31NO3/c1-17(2)21-15-14-18(3)16-22(21)29-26(28)24-23(19-10-6-4-7-11-19)27-25(30-24)20-12-8-5-9-13-20/h4-13,17-18,21-24H,14-16H2,1-3H3/t18-,21?,22?,23-,24+/m0/s1. The van der Waals surface area contributed by atoms with E-state index in [9.17, 15) is 4.79 Å². The predicted molar refractivity (Wildman–Crippen MR) is 118 cm³/mol. The lowest BCUT2D eigenvalue weighted by molar-refractivity contribution is -0.165. The molecule has 0 saturated heterocycles. The van der Waals surface area contributed by atoms with Gasteiger partial charge in [0.1, 0.15) is 12.1 Å². The molecule has 1 heterocycles. The molecular formula is C26H31NO3. The van der Waals surface area contributed by atoms with E-state index in [1.54, 1.807) is 0 Å². The summed E-state index contributed by atoms with van der Waals surface area (Å²) in [5, 5.41) is 0. The van der Waals surface area contributed by atoms with Crippen molar-refractivity contribution in [3.05, 3.63) is 71.8 Å². The number of carbonyl (C=O) groups is 1. The third-order valence-corrected chi connectivity index (χ3v) is 6.40. The normalized spacial score (nSPS) is 28.7. The van der Waals surface area contributed by atoms with E-state index in [1.165, 1.54) is 6.42 Å². The molecule has 1 aliphatic heterocycles. The third-order valence-electron chi connectivity index (χ3n) is 6.40. The van der Waals surface area contributed by atoms with E-state index in [-0.39, 0.29) is 12.1 Å². The second-order valence-corrected chi connectivity index (χ2v) is 9.00. The SMILES string of the molecule is CC(C)C1CC[C@H](C)CC1OC(=O)[C@@H]1OC(c2ccccc2)=N[C@H]1c1ccccc1. The topological polar surface area (TPSA) is 47.9 Å². The van der Waals surface area contributed by atoms with Crippen molar-refractivity contribution >= 4 is 11.9 Å². The van der Waals surface area contributed by atoms with Crippen LogP contribution in [0.1, 0.15) is 57.2 Å². The van der Waals surface area contributed by atoms with Crippen LogP contribution in [-0.2, 0) is 14.3 Å². The van der Waals surface area contributed by atoms with Gasteiger partial charge in [0, 0.05) is 5.56 Å². The Bertz CT molecular complexity index is 878. The van der Waals surface area contributed by atoms with Crippen LogP contribution in [0.3, 0.4) is 0 Å². The van der Waals surface area contributed by atoms with E-state index in [4.69, 9.17) is 14.5 Å². The molecule has 158 valence electrons. The average Bonchev–Trinajstić information content (AvgIpc) is 3.20. The van der Waals surface area contributed by atoms with Crippen LogP contribution in [-0.4, -0.2) is 24.1 Å². The molecule has 0 spiro atoms. The van der Waals surface area contributed by atoms with Crippen molar-refractivity contribution < 1.29 is 14.3 Å². The molecule has 1 aliphatic carbocycles. The van der Waals surface area contributed by atoms with Gasteiger partial charge in [0.15, 0.2) is 0 Å². The van der Waals surface area contributed by atoms with Gasteiger partial charge in [-0.1, -0.05) is 75.7 Å². The number of rotatable bonds is 5. The molecule has 0 aromatic heterocycles. The largest absolute Gasteiger partial charge is 0.459 e. The first-order valence-corrected chi connectivity index (χ1v) is 11.1. The number of hydrogen-bond acceptors (Lipinski definition) is 4. The van der Waals surface area contributed by atoms with Gasteiger partial charge in [0.2, 0.25) is 12.0 Å². The van der Waals surface area contributed by atoms with Crippen LogP contribution in [0.4, 0.5) is 0 Å². The van der Waals surface area contributed by atoms with Crippen molar-refractivity contribution in [1.29, 1.82) is 0 Å². The fourth-order valence-corrected chi connectivity index (χ4v) is 4.68. The van der Waals surface area contributed by atoms with Crippen molar-refractivity contribution in [3.8, 4) is 0 Å².